The van der Waals surface area contributed by atoms with E-state index in [1.54, 1.807) is 11.3 Å². The minimum atomic E-state index is 0.282. The molecule has 0 radical (unpaired) electrons. The number of carbonyl (C=O) groups excluding carboxylic acids is 1. The number of hydrogen-bond acceptors (Lipinski definition) is 4. The summed E-state index contributed by atoms with van der Waals surface area (Å²) in [7, 11) is 0. The van der Waals surface area contributed by atoms with Crippen LogP contribution < -0.4 is 0 Å². The van der Waals surface area contributed by atoms with Gasteiger partial charge in [-0.2, -0.15) is 0 Å². The van der Waals surface area contributed by atoms with Gasteiger partial charge in [-0.3, -0.25) is 9.69 Å². The summed E-state index contributed by atoms with van der Waals surface area (Å²) in [6, 6.07) is 4.98. The minimum absolute atomic E-state index is 0.282. The number of piperidine rings is 1. The second-order valence-corrected chi connectivity index (χ2v) is 8.35. The molecule has 1 aromatic rings. The van der Waals surface area contributed by atoms with Crippen molar-refractivity contribution in [2.45, 2.75) is 70.7 Å². The zero-order valence-corrected chi connectivity index (χ0v) is 15.8. The second kappa shape index (κ2) is 8.45. The monoisotopic (exact) mass is 350 g/mol. The fourth-order valence-electron chi connectivity index (χ4n) is 4.07. The quantitative estimate of drug-likeness (QED) is 0.787. The van der Waals surface area contributed by atoms with Crippen LogP contribution in [-0.2, 0) is 16.1 Å². The van der Waals surface area contributed by atoms with Gasteiger partial charge in [0.05, 0.1) is 12.6 Å². The van der Waals surface area contributed by atoms with Crippen molar-refractivity contribution in [1.82, 2.24) is 9.80 Å². The Labute approximate surface area is 149 Å². The van der Waals surface area contributed by atoms with Gasteiger partial charge >= 0.3 is 0 Å². The molecule has 0 N–H and O–H groups in total. The van der Waals surface area contributed by atoms with Gasteiger partial charge in [0.2, 0.25) is 5.91 Å². The first-order chi connectivity index (χ1) is 11.6. The van der Waals surface area contributed by atoms with Crippen molar-refractivity contribution in [2.75, 3.05) is 19.7 Å². The van der Waals surface area contributed by atoms with Crippen LogP contribution in [0.2, 0.25) is 0 Å². The van der Waals surface area contributed by atoms with Crippen molar-refractivity contribution >= 4 is 17.2 Å². The van der Waals surface area contributed by atoms with Crippen LogP contribution in [-0.4, -0.2) is 53.6 Å². The fourth-order valence-corrected chi connectivity index (χ4v) is 4.82. The molecule has 1 amide bonds. The second-order valence-electron chi connectivity index (χ2n) is 7.31. The Hall–Kier alpha value is -0.910. The molecule has 0 bridgehead atoms. The summed E-state index contributed by atoms with van der Waals surface area (Å²) < 4.78 is 5.81. The van der Waals surface area contributed by atoms with Gasteiger partial charge in [0, 0.05) is 36.7 Å². The molecule has 3 rings (SSSR count). The highest BCUT2D eigenvalue weighted by atomic mass is 32.1. The molecule has 2 aliphatic heterocycles. The van der Waals surface area contributed by atoms with E-state index in [2.05, 4.69) is 41.2 Å². The molecule has 1 aromatic heterocycles. The van der Waals surface area contributed by atoms with Gasteiger partial charge in [-0.15, -0.1) is 11.3 Å². The Kier molecular flexibility index (Phi) is 6.31. The van der Waals surface area contributed by atoms with Crippen LogP contribution >= 0.6 is 11.3 Å². The molecule has 5 heteroatoms. The number of rotatable bonds is 6. The Bertz CT molecular complexity index is 503. The molecule has 0 aliphatic carbocycles. The molecule has 2 saturated heterocycles. The third kappa shape index (κ3) is 4.58. The van der Waals surface area contributed by atoms with Gasteiger partial charge in [0.15, 0.2) is 0 Å². The lowest BCUT2D eigenvalue weighted by Gasteiger charge is -2.40. The maximum atomic E-state index is 13.0. The van der Waals surface area contributed by atoms with Crippen LogP contribution in [0.3, 0.4) is 0 Å². The Morgan fingerprint density at radius 3 is 2.71 bits per heavy atom. The first-order valence-corrected chi connectivity index (χ1v) is 10.2. The van der Waals surface area contributed by atoms with E-state index in [0.29, 0.717) is 18.6 Å². The highest BCUT2D eigenvalue weighted by Crippen LogP contribution is 2.23. The number of amides is 1. The molecule has 0 saturated carbocycles. The Morgan fingerprint density at radius 2 is 2.08 bits per heavy atom. The van der Waals surface area contributed by atoms with Crippen LogP contribution in [0.5, 0.6) is 0 Å². The average molecular weight is 351 g/mol. The van der Waals surface area contributed by atoms with Gasteiger partial charge in [0.1, 0.15) is 0 Å². The van der Waals surface area contributed by atoms with Crippen LogP contribution in [0.15, 0.2) is 17.5 Å². The van der Waals surface area contributed by atoms with Crippen molar-refractivity contribution < 1.29 is 9.53 Å². The third-order valence-corrected chi connectivity index (χ3v) is 6.15. The van der Waals surface area contributed by atoms with E-state index >= 15 is 0 Å². The van der Waals surface area contributed by atoms with Crippen LogP contribution in [0.4, 0.5) is 0 Å². The first kappa shape index (κ1) is 17.9. The number of hydrogen-bond donors (Lipinski definition) is 0. The number of ether oxygens (including phenoxy) is 1. The lowest BCUT2D eigenvalue weighted by Crippen LogP contribution is -2.51. The number of nitrogens with zero attached hydrogens (tertiary/aromatic N) is 2. The van der Waals surface area contributed by atoms with E-state index in [-0.39, 0.29) is 12.0 Å². The summed E-state index contributed by atoms with van der Waals surface area (Å²) in [6.45, 7) is 7.46. The maximum Gasteiger partial charge on any atom is 0.237 e. The highest BCUT2D eigenvalue weighted by molar-refractivity contribution is 7.09. The number of carbonyl (C=O) groups is 1. The van der Waals surface area contributed by atoms with Crippen molar-refractivity contribution in [1.29, 1.82) is 0 Å². The molecule has 24 heavy (non-hydrogen) atoms. The van der Waals surface area contributed by atoms with E-state index in [4.69, 9.17) is 4.74 Å². The van der Waals surface area contributed by atoms with Gasteiger partial charge < -0.3 is 9.64 Å². The van der Waals surface area contributed by atoms with Crippen molar-refractivity contribution in [3.05, 3.63) is 22.4 Å². The normalized spacial score (nSPS) is 27.8. The standard InChI is InChI=1S/C19H30N2O2S/c1-15-6-3-7-16(2)21(15)19(22)14-20(12-17-8-4-10-23-17)13-18-9-5-11-24-18/h5,9,11,15-17H,3-4,6-8,10,12-14H2,1-2H3. The van der Waals surface area contributed by atoms with E-state index in [1.165, 1.54) is 11.3 Å². The zero-order valence-electron chi connectivity index (χ0n) is 14.9. The van der Waals surface area contributed by atoms with Crippen molar-refractivity contribution in [3.8, 4) is 0 Å². The van der Waals surface area contributed by atoms with Crippen LogP contribution in [0.25, 0.3) is 0 Å². The molecular formula is C19H30N2O2S. The van der Waals surface area contributed by atoms with E-state index in [1.807, 2.05) is 0 Å². The summed E-state index contributed by atoms with van der Waals surface area (Å²) in [4.78, 5) is 18.7. The van der Waals surface area contributed by atoms with E-state index in [0.717, 1.165) is 45.4 Å². The topological polar surface area (TPSA) is 32.8 Å². The van der Waals surface area contributed by atoms with Gasteiger partial charge in [-0.1, -0.05) is 6.07 Å². The Balaban J connectivity index is 1.64. The molecule has 3 heterocycles. The lowest BCUT2D eigenvalue weighted by atomic mass is 9.97. The molecule has 2 fully saturated rings. The molecule has 3 unspecified atom stereocenters. The summed E-state index contributed by atoms with van der Waals surface area (Å²) in [5, 5.41) is 2.11. The highest BCUT2D eigenvalue weighted by Gasteiger charge is 2.30. The molecule has 0 spiro atoms. The summed E-state index contributed by atoms with van der Waals surface area (Å²) in [5.41, 5.74) is 0. The third-order valence-electron chi connectivity index (χ3n) is 5.29. The fraction of sp³-hybridized carbons (Fsp3) is 0.737. The largest absolute Gasteiger partial charge is 0.377 e. The maximum absolute atomic E-state index is 13.0. The number of likely N-dealkylation sites (tertiary alicyclic amines) is 1. The number of thiophene rings is 1. The van der Waals surface area contributed by atoms with Gasteiger partial charge in [-0.05, 0) is 57.4 Å². The SMILES string of the molecule is CC1CCCC(C)N1C(=O)CN(Cc1cccs1)CC1CCCO1. The molecule has 2 aliphatic rings. The van der Waals surface area contributed by atoms with Gasteiger partial charge in [0.25, 0.3) is 0 Å². The van der Waals surface area contributed by atoms with Crippen LogP contribution in [0, 0.1) is 0 Å². The average Bonchev–Trinajstić information content (AvgIpc) is 3.21. The molecule has 4 nitrogen and oxygen atoms in total. The molecule has 134 valence electrons. The zero-order chi connectivity index (χ0) is 16.9. The predicted molar refractivity (Wildman–Crippen MR) is 98.2 cm³/mol. The smallest absolute Gasteiger partial charge is 0.237 e. The molecular weight excluding hydrogens is 320 g/mol. The van der Waals surface area contributed by atoms with E-state index in [9.17, 15) is 4.79 Å². The van der Waals surface area contributed by atoms with E-state index < -0.39 is 0 Å². The Morgan fingerprint density at radius 1 is 1.29 bits per heavy atom. The first-order valence-electron chi connectivity index (χ1n) is 9.31. The lowest BCUT2D eigenvalue weighted by molar-refractivity contribution is -0.139. The van der Waals surface area contributed by atoms with Gasteiger partial charge in [-0.25, -0.2) is 0 Å². The summed E-state index contributed by atoms with van der Waals surface area (Å²) in [5.74, 6) is 0.282. The van der Waals surface area contributed by atoms with Crippen molar-refractivity contribution in [2.24, 2.45) is 0 Å². The molecule has 0 aromatic carbocycles. The molecule has 3 atom stereocenters. The summed E-state index contributed by atoms with van der Waals surface area (Å²) in [6.07, 6.45) is 6.05. The predicted octanol–water partition coefficient (Wildman–Crippen LogP) is 3.52. The van der Waals surface area contributed by atoms with Crippen LogP contribution in [0.1, 0.15) is 50.8 Å². The summed E-state index contributed by atoms with van der Waals surface area (Å²) >= 11 is 1.77. The minimum Gasteiger partial charge on any atom is -0.377 e. The van der Waals surface area contributed by atoms with Crippen molar-refractivity contribution in [3.63, 3.8) is 0 Å².